The number of rotatable bonds is 1. The zero-order chi connectivity index (χ0) is 9.42. The summed E-state index contributed by atoms with van der Waals surface area (Å²) in [5.41, 5.74) is 6.72. The van der Waals surface area contributed by atoms with Crippen molar-refractivity contribution in [1.82, 2.24) is 10.2 Å². The highest BCUT2D eigenvalue weighted by molar-refractivity contribution is 6.58. The van der Waals surface area contributed by atoms with Crippen LogP contribution in [0.25, 0.3) is 10.9 Å². The Hall–Kier alpha value is -1.53. The third-order valence-electron chi connectivity index (χ3n) is 1.91. The number of nitrogens with one attached hydrogen (secondary N) is 1. The summed E-state index contributed by atoms with van der Waals surface area (Å²) in [6.07, 6.45) is 0. The van der Waals surface area contributed by atoms with Crippen molar-refractivity contribution < 1.29 is 10.0 Å². The van der Waals surface area contributed by atoms with E-state index in [2.05, 4.69) is 10.2 Å². The minimum absolute atomic E-state index is 0.359. The molecule has 13 heavy (non-hydrogen) atoms. The van der Waals surface area contributed by atoms with Crippen molar-refractivity contribution in [3.05, 3.63) is 18.2 Å². The van der Waals surface area contributed by atoms with E-state index >= 15 is 0 Å². The lowest BCUT2D eigenvalue weighted by molar-refractivity contribution is 0.426. The first-order valence-electron chi connectivity index (χ1n) is 3.78. The molecule has 0 fully saturated rings. The van der Waals surface area contributed by atoms with Gasteiger partial charge in [-0.05, 0) is 17.6 Å². The van der Waals surface area contributed by atoms with Gasteiger partial charge >= 0.3 is 7.12 Å². The van der Waals surface area contributed by atoms with Crippen molar-refractivity contribution in [3.8, 4) is 0 Å². The van der Waals surface area contributed by atoms with Crippen molar-refractivity contribution in [2.24, 2.45) is 0 Å². The smallest absolute Gasteiger partial charge is 0.423 e. The molecule has 0 aliphatic heterocycles. The fourth-order valence-corrected chi connectivity index (χ4v) is 1.21. The van der Waals surface area contributed by atoms with Gasteiger partial charge < -0.3 is 15.8 Å². The fourth-order valence-electron chi connectivity index (χ4n) is 1.21. The number of fused-ring (bicyclic) bond motifs is 1. The number of hydrogen-bond acceptors (Lipinski definition) is 4. The summed E-state index contributed by atoms with van der Waals surface area (Å²) in [7, 11) is -1.47. The predicted molar refractivity (Wildman–Crippen MR) is 50.3 cm³/mol. The fraction of sp³-hybridized carbons (Fsp3) is 0. The number of hydrogen-bond donors (Lipinski definition) is 4. The largest absolute Gasteiger partial charge is 0.488 e. The molecule has 0 unspecified atom stereocenters. The van der Waals surface area contributed by atoms with Gasteiger partial charge in [0.05, 0.1) is 5.52 Å². The van der Waals surface area contributed by atoms with Gasteiger partial charge in [0, 0.05) is 5.39 Å². The van der Waals surface area contributed by atoms with Gasteiger partial charge in [-0.15, -0.1) is 0 Å². The number of anilines is 1. The Morgan fingerprint density at radius 3 is 2.85 bits per heavy atom. The van der Waals surface area contributed by atoms with E-state index in [-0.39, 0.29) is 0 Å². The van der Waals surface area contributed by atoms with Crippen molar-refractivity contribution >= 4 is 29.3 Å². The van der Waals surface area contributed by atoms with Gasteiger partial charge in [0.2, 0.25) is 0 Å². The van der Waals surface area contributed by atoms with Crippen LogP contribution in [-0.2, 0) is 0 Å². The summed E-state index contributed by atoms with van der Waals surface area (Å²) in [5.74, 6) is 0.359. The highest BCUT2D eigenvalue weighted by atomic mass is 16.4. The van der Waals surface area contributed by atoms with E-state index in [1.807, 2.05) is 0 Å². The Labute approximate surface area is 74.3 Å². The van der Waals surface area contributed by atoms with Crippen LogP contribution in [0.2, 0.25) is 0 Å². The lowest BCUT2D eigenvalue weighted by Crippen LogP contribution is -2.29. The van der Waals surface area contributed by atoms with Crippen molar-refractivity contribution in [2.45, 2.75) is 0 Å². The molecule has 1 aromatic heterocycles. The summed E-state index contributed by atoms with van der Waals surface area (Å²) in [6, 6.07) is 4.90. The Morgan fingerprint density at radius 2 is 2.15 bits per heavy atom. The second kappa shape index (κ2) is 2.76. The topological polar surface area (TPSA) is 95.2 Å². The zero-order valence-electron chi connectivity index (χ0n) is 6.73. The number of H-pyrrole nitrogens is 1. The normalized spacial score (nSPS) is 10.6. The third-order valence-corrected chi connectivity index (χ3v) is 1.91. The molecule has 0 spiro atoms. The molecule has 0 amide bonds. The van der Waals surface area contributed by atoms with Crippen molar-refractivity contribution in [3.63, 3.8) is 0 Å². The molecular formula is C7H8BN3O2. The Kier molecular flexibility index (Phi) is 1.71. The lowest BCUT2D eigenvalue weighted by Gasteiger charge is -1.98. The Balaban J connectivity index is 2.66. The first-order valence-corrected chi connectivity index (χ1v) is 3.78. The summed E-state index contributed by atoms with van der Waals surface area (Å²) in [5, 5.41) is 25.0. The van der Waals surface area contributed by atoms with Gasteiger partial charge in [-0.25, -0.2) is 0 Å². The summed E-state index contributed by atoms with van der Waals surface area (Å²) in [4.78, 5) is 0. The van der Waals surface area contributed by atoms with Gasteiger partial charge in [0.15, 0.2) is 5.82 Å². The highest BCUT2D eigenvalue weighted by Gasteiger charge is 2.12. The van der Waals surface area contributed by atoms with Crippen LogP contribution >= 0.6 is 0 Å². The molecule has 5 nitrogen and oxygen atoms in total. The second-order valence-electron chi connectivity index (χ2n) is 2.79. The number of nitrogen functional groups attached to an aromatic ring is 1. The van der Waals surface area contributed by atoms with Gasteiger partial charge in [0.25, 0.3) is 0 Å². The summed E-state index contributed by atoms with van der Waals surface area (Å²) >= 11 is 0. The van der Waals surface area contributed by atoms with Crippen LogP contribution < -0.4 is 11.2 Å². The molecule has 6 heteroatoms. The van der Waals surface area contributed by atoms with Crippen molar-refractivity contribution in [1.29, 1.82) is 0 Å². The number of aromatic nitrogens is 2. The van der Waals surface area contributed by atoms with Crippen LogP contribution in [0.15, 0.2) is 18.2 Å². The quantitative estimate of drug-likeness (QED) is 0.412. The molecule has 0 bridgehead atoms. The van der Waals surface area contributed by atoms with Crippen LogP contribution in [0, 0.1) is 0 Å². The summed E-state index contributed by atoms with van der Waals surface area (Å²) < 4.78 is 0. The predicted octanol–water partition coefficient (Wildman–Crippen LogP) is -1.18. The van der Waals surface area contributed by atoms with Crippen LogP contribution in [-0.4, -0.2) is 27.4 Å². The number of benzene rings is 1. The Morgan fingerprint density at radius 1 is 1.38 bits per heavy atom. The van der Waals surface area contributed by atoms with E-state index in [1.54, 1.807) is 18.2 Å². The number of nitrogens with two attached hydrogens (primary N) is 1. The van der Waals surface area contributed by atoms with E-state index in [4.69, 9.17) is 15.8 Å². The molecule has 0 atom stereocenters. The van der Waals surface area contributed by atoms with Gasteiger partial charge in [0.1, 0.15) is 0 Å². The maximum atomic E-state index is 8.90. The molecule has 2 rings (SSSR count). The molecule has 1 heterocycles. The average molecular weight is 177 g/mol. The van der Waals surface area contributed by atoms with E-state index in [0.29, 0.717) is 16.7 Å². The molecule has 0 aliphatic carbocycles. The Bertz CT molecular complexity index is 440. The van der Waals surface area contributed by atoms with Crippen molar-refractivity contribution in [2.75, 3.05) is 5.73 Å². The van der Waals surface area contributed by atoms with E-state index in [9.17, 15) is 0 Å². The van der Waals surface area contributed by atoms with E-state index in [1.165, 1.54) is 0 Å². The monoisotopic (exact) mass is 177 g/mol. The lowest BCUT2D eigenvalue weighted by atomic mass is 9.80. The molecular weight excluding hydrogens is 169 g/mol. The van der Waals surface area contributed by atoms with Gasteiger partial charge in [-0.1, -0.05) is 6.07 Å². The van der Waals surface area contributed by atoms with Gasteiger partial charge in [-0.3, -0.25) is 5.10 Å². The maximum Gasteiger partial charge on any atom is 0.488 e. The molecule has 0 saturated carbocycles. The van der Waals surface area contributed by atoms with Gasteiger partial charge in [-0.2, -0.15) is 5.10 Å². The van der Waals surface area contributed by atoms with Crippen LogP contribution in [0.1, 0.15) is 0 Å². The minimum atomic E-state index is -1.47. The maximum absolute atomic E-state index is 8.90. The van der Waals surface area contributed by atoms with E-state index < -0.39 is 7.12 Å². The first kappa shape index (κ1) is 8.09. The molecule has 0 radical (unpaired) electrons. The number of aromatic amines is 1. The first-order chi connectivity index (χ1) is 6.18. The third kappa shape index (κ3) is 1.26. The minimum Gasteiger partial charge on any atom is -0.423 e. The molecule has 1 aromatic carbocycles. The SMILES string of the molecule is Nc1n[nH]c2ccc(B(O)O)cc12. The van der Waals surface area contributed by atoms with Crippen LogP contribution in [0.5, 0.6) is 0 Å². The molecule has 0 saturated heterocycles. The molecule has 66 valence electrons. The highest BCUT2D eigenvalue weighted by Crippen LogP contribution is 2.15. The number of nitrogens with zero attached hydrogens (tertiary/aromatic N) is 1. The second-order valence-corrected chi connectivity index (χ2v) is 2.79. The molecule has 5 N–H and O–H groups in total. The standard InChI is InChI=1S/C7H8BN3O2/c9-7-5-3-4(8(12)13)1-2-6(5)10-11-7/h1-3,12-13H,(H3,9,10,11). The van der Waals surface area contributed by atoms with Crippen LogP contribution in [0.3, 0.4) is 0 Å². The van der Waals surface area contributed by atoms with Crippen LogP contribution in [0.4, 0.5) is 5.82 Å². The molecule has 2 aromatic rings. The van der Waals surface area contributed by atoms with E-state index in [0.717, 1.165) is 5.52 Å². The average Bonchev–Trinajstić information content (AvgIpc) is 2.47. The summed E-state index contributed by atoms with van der Waals surface area (Å²) in [6.45, 7) is 0. The zero-order valence-corrected chi connectivity index (χ0v) is 6.73. The molecule has 0 aliphatic rings.